The van der Waals surface area contributed by atoms with Crippen LogP contribution in [0.3, 0.4) is 0 Å². The van der Waals surface area contributed by atoms with E-state index in [4.69, 9.17) is 10.0 Å². The van der Waals surface area contributed by atoms with Crippen LogP contribution in [0.15, 0.2) is 0 Å². The molecule has 0 spiro atoms. The maximum absolute atomic E-state index is 9.14. The van der Waals surface area contributed by atoms with E-state index in [1.807, 2.05) is 0 Å². The second-order valence-corrected chi connectivity index (χ2v) is 6.99. The Morgan fingerprint density at radius 2 is 1.48 bits per heavy atom. The maximum atomic E-state index is 9.14. The van der Waals surface area contributed by atoms with Crippen LogP contribution < -0.4 is 15.8 Å². The summed E-state index contributed by atoms with van der Waals surface area (Å²) >= 11 is 0. The van der Waals surface area contributed by atoms with Gasteiger partial charge in [-0.15, -0.1) is 0 Å². The summed E-state index contributed by atoms with van der Waals surface area (Å²) in [6.07, 6.45) is 7.10. The average Bonchev–Trinajstić information content (AvgIpc) is 2.82. The second kappa shape index (κ2) is 12.3. The van der Waals surface area contributed by atoms with Crippen LogP contribution in [0, 0.1) is 0 Å². The Hall–Kier alpha value is -0.110. The van der Waals surface area contributed by atoms with E-state index in [-0.39, 0.29) is 14.1 Å². The standard InChI is InChI=1S/C8H19BN2O.C7H17BN2O/c1-9(12)10-8-4-3-6-11(2)7-5-8;1-8(11)10-7-3-2-5-9-6-4-7/h8,10,12H,3-7H2,1-2H3;7,9-11H,2-6H2,1H3/t8-;7-/m00/s1. The number of nitrogens with one attached hydrogen (secondary N) is 3. The van der Waals surface area contributed by atoms with Crippen molar-refractivity contribution in [1.82, 2.24) is 20.7 Å². The van der Waals surface area contributed by atoms with Gasteiger partial charge in [0.25, 0.3) is 0 Å². The van der Waals surface area contributed by atoms with E-state index in [1.165, 1.54) is 32.2 Å². The fourth-order valence-corrected chi connectivity index (χ4v) is 3.27. The van der Waals surface area contributed by atoms with Gasteiger partial charge in [0, 0.05) is 0 Å². The van der Waals surface area contributed by atoms with E-state index < -0.39 is 0 Å². The predicted molar refractivity (Wildman–Crippen MR) is 99.6 cm³/mol. The smallest absolute Gasteiger partial charge is 0.373 e. The largest absolute Gasteiger partial charge is 0.437 e. The van der Waals surface area contributed by atoms with Crippen LogP contribution in [0.1, 0.15) is 38.5 Å². The van der Waals surface area contributed by atoms with E-state index in [0.717, 1.165) is 32.5 Å². The van der Waals surface area contributed by atoms with Crippen molar-refractivity contribution in [2.45, 2.75) is 64.3 Å². The van der Waals surface area contributed by atoms with Gasteiger partial charge in [-0.3, -0.25) is 0 Å². The summed E-state index contributed by atoms with van der Waals surface area (Å²) in [6, 6.07) is 1.01. The van der Waals surface area contributed by atoms with Gasteiger partial charge in [-0.25, -0.2) is 0 Å². The molecule has 2 rings (SSSR count). The number of hydrogen-bond donors (Lipinski definition) is 5. The second-order valence-electron chi connectivity index (χ2n) is 6.99. The first-order chi connectivity index (χ1) is 11.0. The molecule has 2 aliphatic rings. The van der Waals surface area contributed by atoms with E-state index in [0.29, 0.717) is 12.1 Å². The van der Waals surface area contributed by atoms with Gasteiger partial charge < -0.3 is 30.7 Å². The molecule has 8 heteroatoms. The Labute approximate surface area is 143 Å². The topological polar surface area (TPSA) is 79.8 Å². The lowest BCUT2D eigenvalue weighted by Gasteiger charge is -2.16. The highest BCUT2D eigenvalue weighted by atomic mass is 16.2. The number of rotatable bonds is 4. The van der Waals surface area contributed by atoms with Crippen LogP contribution in [0.4, 0.5) is 0 Å². The highest BCUT2D eigenvalue weighted by Gasteiger charge is 2.17. The highest BCUT2D eigenvalue weighted by molar-refractivity contribution is 6.45. The molecule has 2 atom stereocenters. The minimum Gasteiger partial charge on any atom is -0.437 e. The lowest BCUT2D eigenvalue weighted by Crippen LogP contribution is -2.40. The molecule has 0 saturated carbocycles. The number of hydrogen-bond acceptors (Lipinski definition) is 6. The molecule has 23 heavy (non-hydrogen) atoms. The minimum atomic E-state index is -0.363. The molecule has 0 unspecified atom stereocenters. The molecule has 6 nitrogen and oxygen atoms in total. The van der Waals surface area contributed by atoms with Gasteiger partial charge in [-0.2, -0.15) is 0 Å². The number of likely N-dealkylation sites (tertiary alicyclic amines) is 1. The zero-order chi connectivity index (χ0) is 17.1. The van der Waals surface area contributed by atoms with Crippen molar-refractivity contribution in [2.75, 3.05) is 33.2 Å². The quantitative estimate of drug-likeness (QED) is 0.468. The summed E-state index contributed by atoms with van der Waals surface area (Å²) in [7, 11) is 1.43. The Balaban J connectivity index is 0.000000231. The monoisotopic (exact) mass is 326 g/mol. The van der Waals surface area contributed by atoms with Gasteiger partial charge in [0.05, 0.1) is 0 Å². The van der Waals surface area contributed by atoms with Crippen LogP contribution in [0.2, 0.25) is 13.6 Å². The summed E-state index contributed by atoms with van der Waals surface area (Å²) in [4.78, 5) is 2.35. The molecule has 134 valence electrons. The van der Waals surface area contributed by atoms with Crippen molar-refractivity contribution in [3.8, 4) is 0 Å². The Morgan fingerprint density at radius 1 is 0.870 bits per heavy atom. The lowest BCUT2D eigenvalue weighted by atomic mass is 9.86. The Kier molecular flexibility index (Phi) is 11.2. The Bertz CT molecular complexity index is 291. The van der Waals surface area contributed by atoms with Crippen molar-refractivity contribution in [3.63, 3.8) is 0 Å². The molecule has 2 fully saturated rings. The first-order valence-corrected chi connectivity index (χ1v) is 9.25. The van der Waals surface area contributed by atoms with E-state index in [1.54, 1.807) is 13.6 Å². The molecule has 0 aromatic rings. The summed E-state index contributed by atoms with van der Waals surface area (Å²) in [5, 5.41) is 27.8. The lowest BCUT2D eigenvalue weighted by molar-refractivity contribution is 0.345. The van der Waals surface area contributed by atoms with Crippen molar-refractivity contribution in [2.24, 2.45) is 0 Å². The molecule has 2 heterocycles. The normalized spacial score (nSPS) is 26.5. The van der Waals surface area contributed by atoms with Crippen LogP contribution in [0.25, 0.3) is 0 Å². The maximum Gasteiger partial charge on any atom is 0.373 e. The molecular weight excluding hydrogens is 290 g/mol. The van der Waals surface area contributed by atoms with E-state index in [2.05, 4.69) is 27.7 Å². The SMILES string of the molecule is CB(O)N[C@H]1CCCN(C)CC1.CB(O)N[C@H]1CCCNCC1. The highest BCUT2D eigenvalue weighted by Crippen LogP contribution is 2.09. The third-order valence-electron chi connectivity index (χ3n) is 4.48. The van der Waals surface area contributed by atoms with Crippen LogP contribution in [0.5, 0.6) is 0 Å². The zero-order valence-electron chi connectivity index (χ0n) is 15.2. The molecule has 5 N–H and O–H groups in total. The fraction of sp³-hybridized carbons (Fsp3) is 1.00. The average molecular weight is 326 g/mol. The Morgan fingerprint density at radius 3 is 2.13 bits per heavy atom. The first kappa shape index (κ1) is 20.9. The molecule has 0 aromatic heterocycles. The third-order valence-corrected chi connectivity index (χ3v) is 4.48. The first-order valence-electron chi connectivity index (χ1n) is 9.25. The molecular formula is C15H36B2N4O2. The van der Waals surface area contributed by atoms with Crippen LogP contribution in [-0.4, -0.2) is 74.4 Å². The van der Waals surface area contributed by atoms with Gasteiger partial charge in [-0.1, -0.05) is 0 Å². The van der Waals surface area contributed by atoms with E-state index >= 15 is 0 Å². The van der Waals surface area contributed by atoms with Crippen molar-refractivity contribution >= 4 is 14.1 Å². The zero-order valence-corrected chi connectivity index (χ0v) is 15.2. The molecule has 0 radical (unpaired) electrons. The van der Waals surface area contributed by atoms with Crippen molar-refractivity contribution in [3.05, 3.63) is 0 Å². The molecule has 2 aliphatic heterocycles. The summed E-state index contributed by atoms with van der Waals surface area (Å²) in [5.74, 6) is 0. The predicted octanol–water partition coefficient (Wildman–Crippen LogP) is -0.001000. The van der Waals surface area contributed by atoms with Gasteiger partial charge in [0.2, 0.25) is 0 Å². The van der Waals surface area contributed by atoms with Crippen LogP contribution >= 0.6 is 0 Å². The number of nitrogens with zero attached hydrogens (tertiary/aromatic N) is 1. The molecule has 0 amide bonds. The van der Waals surface area contributed by atoms with Gasteiger partial charge in [0.15, 0.2) is 0 Å². The molecule has 2 saturated heterocycles. The van der Waals surface area contributed by atoms with Gasteiger partial charge >= 0.3 is 14.1 Å². The van der Waals surface area contributed by atoms with Gasteiger partial charge in [0.1, 0.15) is 0 Å². The third kappa shape index (κ3) is 11.1. The van der Waals surface area contributed by atoms with Crippen LogP contribution in [-0.2, 0) is 0 Å². The molecule has 0 bridgehead atoms. The fourth-order valence-electron chi connectivity index (χ4n) is 3.27. The summed E-state index contributed by atoms with van der Waals surface area (Å²) < 4.78 is 0. The minimum absolute atomic E-state index is 0.363. The summed E-state index contributed by atoms with van der Waals surface area (Å²) in [5.41, 5.74) is 0. The van der Waals surface area contributed by atoms with Crippen molar-refractivity contribution in [1.29, 1.82) is 0 Å². The van der Waals surface area contributed by atoms with Crippen molar-refractivity contribution < 1.29 is 10.0 Å². The van der Waals surface area contributed by atoms with Gasteiger partial charge in [-0.05, 0) is 97.5 Å². The molecule has 0 aliphatic carbocycles. The summed E-state index contributed by atoms with van der Waals surface area (Å²) in [6.45, 7) is 8.09. The molecule has 0 aromatic carbocycles. The van der Waals surface area contributed by atoms with E-state index in [9.17, 15) is 0 Å².